The Bertz CT molecular complexity index is 441. The van der Waals surface area contributed by atoms with Crippen molar-refractivity contribution in [3.8, 4) is 11.5 Å². The van der Waals surface area contributed by atoms with Gasteiger partial charge in [-0.1, -0.05) is 6.42 Å². The number of phenolic OH excluding ortho intramolecular Hbond substituents is 2. The van der Waals surface area contributed by atoms with Crippen LogP contribution in [0, 0.1) is 5.92 Å². The lowest BCUT2D eigenvalue weighted by molar-refractivity contribution is 0.0873. The first-order valence-corrected chi connectivity index (χ1v) is 6.54. The summed E-state index contributed by atoms with van der Waals surface area (Å²) in [6, 6.07) is 3.80. The van der Waals surface area contributed by atoms with Crippen LogP contribution < -0.4 is 5.32 Å². The molecule has 0 radical (unpaired) electrons. The van der Waals surface area contributed by atoms with Crippen LogP contribution in [0.3, 0.4) is 0 Å². The van der Waals surface area contributed by atoms with Gasteiger partial charge in [-0.05, 0) is 37.3 Å². The predicted octanol–water partition coefficient (Wildman–Crippen LogP) is 1.38. The van der Waals surface area contributed by atoms with Crippen LogP contribution >= 0.6 is 0 Å². The Kier molecular flexibility index (Phi) is 4.27. The van der Waals surface area contributed by atoms with Crippen LogP contribution in [-0.2, 0) is 0 Å². The lowest BCUT2D eigenvalue weighted by atomic mass is 9.87. The molecule has 0 saturated heterocycles. The second-order valence-electron chi connectivity index (χ2n) is 5.13. The molecular formula is C14H19NO4. The van der Waals surface area contributed by atoms with Crippen LogP contribution in [-0.4, -0.2) is 33.9 Å². The Morgan fingerprint density at radius 3 is 2.53 bits per heavy atom. The number of carbonyl (C=O) groups is 1. The summed E-state index contributed by atoms with van der Waals surface area (Å²) in [5.41, 5.74) is 0.230. The highest BCUT2D eigenvalue weighted by atomic mass is 16.3. The number of phenols is 2. The van der Waals surface area contributed by atoms with Gasteiger partial charge >= 0.3 is 0 Å². The van der Waals surface area contributed by atoms with E-state index < -0.39 is 0 Å². The Hall–Kier alpha value is -1.75. The number of hydrogen-bond donors (Lipinski definition) is 4. The Morgan fingerprint density at radius 2 is 1.89 bits per heavy atom. The fraction of sp³-hybridized carbons (Fsp3) is 0.500. The number of nitrogens with one attached hydrogen (secondary N) is 1. The van der Waals surface area contributed by atoms with Crippen molar-refractivity contribution < 1.29 is 20.1 Å². The summed E-state index contributed by atoms with van der Waals surface area (Å²) in [6.07, 6.45) is 3.27. The molecule has 1 amide bonds. The smallest absolute Gasteiger partial charge is 0.251 e. The van der Waals surface area contributed by atoms with Crippen molar-refractivity contribution in [3.05, 3.63) is 23.8 Å². The van der Waals surface area contributed by atoms with Crippen LogP contribution in [0.5, 0.6) is 11.5 Å². The number of hydrogen-bond acceptors (Lipinski definition) is 4. The molecule has 0 aliphatic heterocycles. The minimum atomic E-state index is -0.328. The Morgan fingerprint density at radius 1 is 1.21 bits per heavy atom. The lowest BCUT2D eigenvalue weighted by Crippen LogP contribution is -2.32. The topological polar surface area (TPSA) is 89.8 Å². The normalized spacial score (nSPS) is 23.0. The molecule has 0 bridgehead atoms. The quantitative estimate of drug-likeness (QED) is 0.664. The second kappa shape index (κ2) is 5.93. The van der Waals surface area contributed by atoms with Crippen LogP contribution in [0.1, 0.15) is 36.0 Å². The molecule has 1 aromatic rings. The molecule has 4 N–H and O–H groups in total. The van der Waals surface area contributed by atoms with Gasteiger partial charge in [0.15, 0.2) is 0 Å². The van der Waals surface area contributed by atoms with E-state index in [9.17, 15) is 20.1 Å². The molecule has 19 heavy (non-hydrogen) atoms. The van der Waals surface area contributed by atoms with Gasteiger partial charge in [0.05, 0.1) is 6.10 Å². The third kappa shape index (κ3) is 3.86. The predicted molar refractivity (Wildman–Crippen MR) is 70.1 cm³/mol. The van der Waals surface area contributed by atoms with Crippen molar-refractivity contribution >= 4 is 5.91 Å². The van der Waals surface area contributed by atoms with Gasteiger partial charge in [0.2, 0.25) is 0 Å². The van der Waals surface area contributed by atoms with Crippen LogP contribution in [0.15, 0.2) is 18.2 Å². The second-order valence-corrected chi connectivity index (χ2v) is 5.13. The van der Waals surface area contributed by atoms with Gasteiger partial charge in [-0.15, -0.1) is 0 Å². The number of rotatable bonds is 3. The van der Waals surface area contributed by atoms with E-state index in [1.165, 1.54) is 18.2 Å². The van der Waals surface area contributed by atoms with Crippen molar-refractivity contribution in [2.24, 2.45) is 5.92 Å². The van der Waals surface area contributed by atoms with Crippen LogP contribution in [0.25, 0.3) is 0 Å². The summed E-state index contributed by atoms with van der Waals surface area (Å²) in [7, 11) is 0. The van der Waals surface area contributed by atoms with Gasteiger partial charge in [0.1, 0.15) is 11.5 Å². The molecule has 1 fully saturated rings. The summed E-state index contributed by atoms with van der Waals surface area (Å²) in [6.45, 7) is 0.506. The van der Waals surface area contributed by atoms with E-state index in [-0.39, 0.29) is 29.1 Å². The zero-order valence-electron chi connectivity index (χ0n) is 10.7. The molecule has 0 heterocycles. The van der Waals surface area contributed by atoms with Gasteiger partial charge in [0.25, 0.3) is 5.91 Å². The first-order chi connectivity index (χ1) is 9.04. The first kappa shape index (κ1) is 13.7. The summed E-state index contributed by atoms with van der Waals surface area (Å²) in [5.74, 6) is -0.318. The minimum absolute atomic E-state index is 0.141. The van der Waals surface area contributed by atoms with Gasteiger partial charge in [-0.2, -0.15) is 0 Å². The molecule has 5 nitrogen and oxygen atoms in total. The molecule has 1 aromatic carbocycles. The maximum atomic E-state index is 11.9. The average molecular weight is 265 g/mol. The van der Waals surface area contributed by atoms with E-state index in [4.69, 9.17) is 0 Å². The van der Waals surface area contributed by atoms with Crippen molar-refractivity contribution in [1.82, 2.24) is 5.32 Å². The van der Waals surface area contributed by atoms with Crippen molar-refractivity contribution in [2.75, 3.05) is 6.54 Å². The number of aromatic hydroxyl groups is 2. The molecule has 1 aliphatic carbocycles. The highest BCUT2D eigenvalue weighted by Crippen LogP contribution is 2.24. The summed E-state index contributed by atoms with van der Waals surface area (Å²) in [4.78, 5) is 11.9. The summed E-state index contributed by atoms with van der Waals surface area (Å²) >= 11 is 0. The highest BCUT2D eigenvalue weighted by molar-refractivity contribution is 5.95. The largest absolute Gasteiger partial charge is 0.508 e. The number of amides is 1. The molecule has 1 saturated carbocycles. The zero-order chi connectivity index (χ0) is 13.8. The lowest BCUT2D eigenvalue weighted by Gasteiger charge is -2.25. The van der Waals surface area contributed by atoms with Crippen LogP contribution in [0.4, 0.5) is 0 Å². The monoisotopic (exact) mass is 265 g/mol. The maximum Gasteiger partial charge on any atom is 0.251 e. The van der Waals surface area contributed by atoms with Gasteiger partial charge in [-0.25, -0.2) is 0 Å². The first-order valence-electron chi connectivity index (χ1n) is 6.54. The summed E-state index contributed by atoms with van der Waals surface area (Å²) < 4.78 is 0. The maximum absolute atomic E-state index is 11.9. The number of aliphatic hydroxyl groups is 1. The van der Waals surface area contributed by atoms with Crippen LogP contribution in [0.2, 0.25) is 0 Å². The SMILES string of the molecule is O=C(NCC1CCCC(O)C1)c1cc(O)cc(O)c1. The number of aliphatic hydroxyl groups excluding tert-OH is 1. The Balaban J connectivity index is 1.90. The third-order valence-electron chi connectivity index (χ3n) is 3.47. The molecule has 0 spiro atoms. The van der Waals surface area contributed by atoms with Crippen molar-refractivity contribution in [3.63, 3.8) is 0 Å². The van der Waals surface area contributed by atoms with E-state index in [1.54, 1.807) is 0 Å². The van der Waals surface area contributed by atoms with E-state index in [2.05, 4.69) is 5.32 Å². The van der Waals surface area contributed by atoms with Gasteiger partial charge in [-0.3, -0.25) is 4.79 Å². The van der Waals surface area contributed by atoms with E-state index in [0.717, 1.165) is 19.3 Å². The molecular weight excluding hydrogens is 246 g/mol. The number of benzene rings is 1. The fourth-order valence-corrected chi connectivity index (χ4v) is 2.51. The minimum Gasteiger partial charge on any atom is -0.508 e. The van der Waals surface area contributed by atoms with Gasteiger partial charge in [0, 0.05) is 18.2 Å². The van der Waals surface area contributed by atoms with E-state index >= 15 is 0 Å². The number of carbonyl (C=O) groups excluding carboxylic acids is 1. The fourth-order valence-electron chi connectivity index (χ4n) is 2.51. The van der Waals surface area contributed by atoms with E-state index in [0.29, 0.717) is 18.9 Å². The molecule has 104 valence electrons. The van der Waals surface area contributed by atoms with E-state index in [1.807, 2.05) is 0 Å². The molecule has 0 aromatic heterocycles. The molecule has 2 atom stereocenters. The standard InChI is InChI=1S/C14H19NO4/c16-11-3-1-2-9(4-11)8-15-14(19)10-5-12(17)7-13(18)6-10/h5-7,9,11,16-18H,1-4,8H2,(H,15,19). The molecule has 2 rings (SSSR count). The molecule has 2 unspecified atom stereocenters. The molecule has 5 heteroatoms. The zero-order valence-corrected chi connectivity index (χ0v) is 10.7. The Labute approximate surface area is 111 Å². The highest BCUT2D eigenvalue weighted by Gasteiger charge is 2.20. The van der Waals surface area contributed by atoms with Gasteiger partial charge < -0.3 is 20.6 Å². The van der Waals surface area contributed by atoms with Crippen molar-refractivity contribution in [2.45, 2.75) is 31.8 Å². The summed E-state index contributed by atoms with van der Waals surface area (Å²) in [5, 5.41) is 31.0. The molecule has 1 aliphatic rings. The average Bonchev–Trinajstić information content (AvgIpc) is 2.35. The van der Waals surface area contributed by atoms with Crippen molar-refractivity contribution in [1.29, 1.82) is 0 Å². The third-order valence-corrected chi connectivity index (χ3v) is 3.47.